The summed E-state index contributed by atoms with van der Waals surface area (Å²) in [5.41, 5.74) is 1.74. The number of ether oxygens (including phenoxy) is 2. The second-order valence-electron chi connectivity index (χ2n) is 5.98. The van der Waals surface area contributed by atoms with Crippen molar-refractivity contribution < 1.29 is 19.1 Å². The molecule has 0 radical (unpaired) electrons. The van der Waals surface area contributed by atoms with Crippen LogP contribution in [0.4, 0.5) is 0 Å². The first kappa shape index (κ1) is 20.7. The molecule has 0 unspecified atom stereocenters. The van der Waals surface area contributed by atoms with Gasteiger partial charge in [-0.05, 0) is 58.8 Å². The van der Waals surface area contributed by atoms with E-state index in [0.29, 0.717) is 49.3 Å². The van der Waals surface area contributed by atoms with Gasteiger partial charge in [-0.1, -0.05) is 29.3 Å². The Kier molecular flexibility index (Phi) is 6.65. The Morgan fingerprint density at radius 2 is 1.89 bits per heavy atom. The number of amides is 2. The Labute approximate surface area is 180 Å². The van der Waals surface area contributed by atoms with Crippen molar-refractivity contribution >= 4 is 57.0 Å². The fourth-order valence-corrected chi connectivity index (χ4v) is 3.79. The van der Waals surface area contributed by atoms with Crippen LogP contribution in [0.15, 0.2) is 40.4 Å². The third-order valence-electron chi connectivity index (χ3n) is 3.99. The molecule has 0 aliphatic carbocycles. The third-order valence-corrected chi connectivity index (χ3v) is 5.29. The Bertz CT molecular complexity index is 955. The van der Waals surface area contributed by atoms with Crippen LogP contribution >= 0.6 is 39.1 Å². The smallest absolute Gasteiger partial charge is 0.254 e. The predicted octanol–water partition coefficient (Wildman–Crippen LogP) is 5.16. The number of imide groups is 1. The average Bonchev–Trinajstić information content (AvgIpc) is 2.94. The zero-order valence-electron chi connectivity index (χ0n) is 14.9. The lowest BCUT2D eigenvalue weighted by molar-refractivity contribution is -0.124. The molecule has 2 aromatic rings. The van der Waals surface area contributed by atoms with E-state index < -0.39 is 0 Å². The number of hydrogen-bond donors (Lipinski definition) is 1. The van der Waals surface area contributed by atoms with Crippen LogP contribution in [0.1, 0.15) is 24.5 Å². The molecule has 8 heteroatoms. The van der Waals surface area contributed by atoms with E-state index >= 15 is 0 Å². The molecule has 28 heavy (non-hydrogen) atoms. The van der Waals surface area contributed by atoms with Crippen LogP contribution in [0.2, 0.25) is 10.0 Å². The monoisotopic (exact) mass is 483 g/mol. The summed E-state index contributed by atoms with van der Waals surface area (Å²) in [6.45, 7) is 2.45. The van der Waals surface area contributed by atoms with Crippen LogP contribution in [0.3, 0.4) is 0 Å². The van der Waals surface area contributed by atoms with Gasteiger partial charge < -0.3 is 9.47 Å². The minimum absolute atomic E-state index is 0.0507. The first-order valence-corrected chi connectivity index (χ1v) is 10.0. The maximum Gasteiger partial charge on any atom is 0.254 e. The Morgan fingerprint density at radius 3 is 2.50 bits per heavy atom. The largest absolute Gasteiger partial charge is 0.489 e. The number of benzene rings is 2. The number of carbonyl (C=O) groups is 2. The van der Waals surface area contributed by atoms with Gasteiger partial charge in [0.1, 0.15) is 6.61 Å². The molecule has 2 aromatic carbocycles. The second kappa shape index (κ2) is 8.99. The number of nitrogens with one attached hydrogen (secondary N) is 1. The van der Waals surface area contributed by atoms with Crippen molar-refractivity contribution in [3.8, 4) is 11.5 Å². The van der Waals surface area contributed by atoms with Gasteiger partial charge in [0.15, 0.2) is 11.5 Å². The molecule has 1 aliphatic heterocycles. The fraction of sp³-hybridized carbons (Fsp3) is 0.200. The molecule has 2 amide bonds. The first-order valence-electron chi connectivity index (χ1n) is 8.45. The molecule has 0 bridgehead atoms. The third kappa shape index (κ3) is 4.69. The summed E-state index contributed by atoms with van der Waals surface area (Å²) in [5.74, 6) is 0.287. The SMILES string of the molecule is CCOc1c(Br)cc(/C=C2\CC(=O)NC2=O)cc1OCc1c(Cl)cccc1Cl. The lowest BCUT2D eigenvalue weighted by Gasteiger charge is -2.16. The van der Waals surface area contributed by atoms with Crippen molar-refractivity contribution in [2.45, 2.75) is 20.0 Å². The van der Waals surface area contributed by atoms with Gasteiger partial charge in [-0.15, -0.1) is 0 Å². The minimum Gasteiger partial charge on any atom is -0.489 e. The molecule has 146 valence electrons. The Hall–Kier alpha value is -2.02. The van der Waals surface area contributed by atoms with Gasteiger partial charge in [0.05, 0.1) is 17.5 Å². The molecule has 0 aromatic heterocycles. The number of carbonyl (C=O) groups excluding carboxylic acids is 2. The predicted molar refractivity (Wildman–Crippen MR) is 112 cm³/mol. The van der Waals surface area contributed by atoms with Crippen LogP contribution in [-0.2, 0) is 16.2 Å². The van der Waals surface area contributed by atoms with Crippen molar-refractivity contribution in [3.05, 3.63) is 61.5 Å². The van der Waals surface area contributed by atoms with E-state index in [1.54, 1.807) is 36.4 Å². The van der Waals surface area contributed by atoms with E-state index in [1.807, 2.05) is 6.92 Å². The van der Waals surface area contributed by atoms with Gasteiger partial charge in [-0.2, -0.15) is 0 Å². The normalized spacial score (nSPS) is 15.1. The lowest BCUT2D eigenvalue weighted by atomic mass is 10.1. The van der Waals surface area contributed by atoms with Crippen molar-refractivity contribution in [2.75, 3.05) is 6.61 Å². The molecule has 3 rings (SSSR count). The van der Waals surface area contributed by atoms with Crippen molar-refractivity contribution in [3.63, 3.8) is 0 Å². The highest BCUT2D eigenvalue weighted by Crippen LogP contribution is 2.39. The molecule has 1 saturated heterocycles. The molecular weight excluding hydrogens is 469 g/mol. The number of hydrogen-bond acceptors (Lipinski definition) is 4. The van der Waals surface area contributed by atoms with Crippen LogP contribution in [0.5, 0.6) is 11.5 Å². The van der Waals surface area contributed by atoms with Crippen molar-refractivity contribution in [1.82, 2.24) is 5.32 Å². The highest BCUT2D eigenvalue weighted by molar-refractivity contribution is 9.10. The van der Waals surface area contributed by atoms with Gasteiger partial charge in [0.25, 0.3) is 5.91 Å². The summed E-state index contributed by atoms with van der Waals surface area (Å²) in [6, 6.07) is 8.77. The van der Waals surface area contributed by atoms with Gasteiger partial charge in [-0.25, -0.2) is 0 Å². The van der Waals surface area contributed by atoms with Gasteiger partial charge in [0, 0.05) is 21.2 Å². The summed E-state index contributed by atoms with van der Waals surface area (Å²) in [4.78, 5) is 23.2. The molecule has 5 nitrogen and oxygen atoms in total. The second-order valence-corrected chi connectivity index (χ2v) is 7.64. The molecule has 0 saturated carbocycles. The summed E-state index contributed by atoms with van der Waals surface area (Å²) in [6.07, 6.45) is 1.70. The van der Waals surface area contributed by atoms with Gasteiger partial charge >= 0.3 is 0 Å². The molecule has 0 atom stereocenters. The van der Waals surface area contributed by atoms with Crippen LogP contribution in [0.25, 0.3) is 6.08 Å². The Morgan fingerprint density at radius 1 is 1.18 bits per heavy atom. The van der Waals surface area contributed by atoms with Gasteiger partial charge in [0.2, 0.25) is 5.91 Å². The zero-order valence-corrected chi connectivity index (χ0v) is 18.0. The summed E-state index contributed by atoms with van der Waals surface area (Å²) < 4.78 is 12.3. The average molecular weight is 485 g/mol. The highest BCUT2D eigenvalue weighted by atomic mass is 79.9. The standard InChI is InChI=1S/C20H16BrCl2NO4/c1-2-27-19-14(21)7-11(6-12-9-18(25)24-20(12)26)8-17(19)28-10-13-15(22)4-3-5-16(13)23/h3-8H,2,9-10H2,1H3,(H,24,25,26)/b12-6+. The van der Waals surface area contributed by atoms with Gasteiger partial charge in [-0.3, -0.25) is 14.9 Å². The van der Waals surface area contributed by atoms with Crippen LogP contribution < -0.4 is 14.8 Å². The van der Waals surface area contributed by atoms with E-state index in [1.165, 1.54) is 0 Å². The topological polar surface area (TPSA) is 64.6 Å². The highest BCUT2D eigenvalue weighted by Gasteiger charge is 2.24. The van der Waals surface area contributed by atoms with Crippen molar-refractivity contribution in [1.29, 1.82) is 0 Å². The molecule has 1 fully saturated rings. The van der Waals surface area contributed by atoms with E-state index in [2.05, 4.69) is 21.2 Å². The molecule has 1 aliphatic rings. The summed E-state index contributed by atoms with van der Waals surface area (Å²) >= 11 is 15.9. The minimum atomic E-state index is -0.389. The molecule has 1 heterocycles. The fourth-order valence-electron chi connectivity index (χ4n) is 2.71. The molecule has 1 N–H and O–H groups in total. The quantitative estimate of drug-likeness (QED) is 0.454. The van der Waals surface area contributed by atoms with E-state index in [4.69, 9.17) is 32.7 Å². The maximum atomic E-state index is 11.8. The first-order chi connectivity index (χ1) is 13.4. The van der Waals surface area contributed by atoms with E-state index in [9.17, 15) is 9.59 Å². The lowest BCUT2D eigenvalue weighted by Crippen LogP contribution is -2.19. The summed E-state index contributed by atoms with van der Waals surface area (Å²) in [7, 11) is 0. The van der Waals surface area contributed by atoms with Crippen molar-refractivity contribution in [2.24, 2.45) is 0 Å². The van der Waals surface area contributed by atoms with E-state index in [-0.39, 0.29) is 24.8 Å². The van der Waals surface area contributed by atoms with Crippen LogP contribution in [0, 0.1) is 0 Å². The van der Waals surface area contributed by atoms with E-state index in [0.717, 1.165) is 0 Å². The number of halogens is 3. The number of rotatable bonds is 6. The van der Waals surface area contributed by atoms with Crippen LogP contribution in [-0.4, -0.2) is 18.4 Å². The zero-order chi connectivity index (χ0) is 20.3. The summed E-state index contributed by atoms with van der Waals surface area (Å²) in [5, 5.41) is 3.27. The maximum absolute atomic E-state index is 11.8. The molecular formula is C20H16BrCl2NO4. The molecule has 0 spiro atoms. The Balaban J connectivity index is 1.94.